The van der Waals surface area contributed by atoms with E-state index in [0.717, 1.165) is 31.2 Å². The van der Waals surface area contributed by atoms with E-state index in [1.165, 1.54) is 16.7 Å². The topological polar surface area (TPSA) is 15.3 Å². The second kappa shape index (κ2) is 7.87. The quantitative estimate of drug-likeness (QED) is 0.805. The Balaban J connectivity index is 0.000000960. The average Bonchev–Trinajstić information content (AvgIpc) is 2.54. The van der Waals surface area contributed by atoms with Crippen LogP contribution in [0.4, 0.5) is 0 Å². The first kappa shape index (κ1) is 18.6. The van der Waals surface area contributed by atoms with Crippen molar-refractivity contribution in [3.05, 3.63) is 70.2 Å². The smallest absolute Gasteiger partial charge is 0.0476 e. The predicted molar refractivity (Wildman–Crippen MR) is 101 cm³/mol. The van der Waals surface area contributed by atoms with E-state index in [2.05, 4.69) is 52.7 Å². The van der Waals surface area contributed by atoms with Crippen LogP contribution in [-0.2, 0) is 0 Å². The Bertz CT molecular complexity index is 662. The van der Waals surface area contributed by atoms with Crippen molar-refractivity contribution in [1.82, 2.24) is 10.2 Å². The maximum Gasteiger partial charge on any atom is 0.0476 e. The molecule has 1 fully saturated rings. The van der Waals surface area contributed by atoms with Crippen LogP contribution in [0.3, 0.4) is 0 Å². The number of halogens is 3. The van der Waals surface area contributed by atoms with Gasteiger partial charge in [-0.25, -0.2) is 0 Å². The number of nitrogens with zero attached hydrogens (tertiary/aromatic N) is 1. The van der Waals surface area contributed by atoms with E-state index < -0.39 is 0 Å². The molecule has 0 aliphatic carbocycles. The highest BCUT2D eigenvalue weighted by molar-refractivity contribution is 6.30. The molecule has 0 amide bonds. The normalized spacial score (nSPS) is 23.0. The van der Waals surface area contributed by atoms with Crippen LogP contribution < -0.4 is 5.32 Å². The second-order valence-electron chi connectivity index (χ2n) is 5.95. The zero-order valence-electron chi connectivity index (χ0n) is 12.7. The standard InChI is InChI=1S/C18H19ClN2.2ClH/c19-14-5-3-4-13(10-14)17-12-21-9-8-20-11-18(21)16-7-2-1-6-15(16)17;;/h1-7,10,17-18,20H,8-9,11-12H2;2*1H/t17-,18+;;/m0../s1. The van der Waals surface area contributed by atoms with Crippen LogP contribution >= 0.6 is 36.4 Å². The molecule has 0 bridgehead atoms. The molecule has 124 valence electrons. The molecule has 1 saturated heterocycles. The Morgan fingerprint density at radius 3 is 2.57 bits per heavy atom. The predicted octanol–water partition coefficient (Wildman–Crippen LogP) is 4.28. The molecule has 0 unspecified atom stereocenters. The largest absolute Gasteiger partial charge is 0.314 e. The van der Waals surface area contributed by atoms with Gasteiger partial charge in [-0.3, -0.25) is 4.90 Å². The Morgan fingerprint density at radius 1 is 1.00 bits per heavy atom. The van der Waals surface area contributed by atoms with Crippen molar-refractivity contribution >= 4 is 36.4 Å². The molecule has 5 heteroatoms. The molecule has 2 heterocycles. The molecule has 0 saturated carbocycles. The molecule has 0 aromatic heterocycles. The van der Waals surface area contributed by atoms with Gasteiger partial charge in [0, 0.05) is 43.2 Å². The maximum absolute atomic E-state index is 6.20. The molecule has 0 radical (unpaired) electrons. The highest BCUT2D eigenvalue weighted by Crippen LogP contribution is 2.40. The van der Waals surface area contributed by atoms with Gasteiger partial charge >= 0.3 is 0 Å². The van der Waals surface area contributed by atoms with Crippen LogP contribution in [0.25, 0.3) is 0 Å². The number of nitrogens with one attached hydrogen (secondary N) is 1. The fourth-order valence-electron chi connectivity index (χ4n) is 3.74. The molecule has 2 aliphatic heterocycles. The van der Waals surface area contributed by atoms with Crippen molar-refractivity contribution in [1.29, 1.82) is 0 Å². The number of benzene rings is 2. The SMILES string of the molecule is Cl.Cl.Clc1cccc([C@@H]2CN3CCNC[C@@H]3c3ccccc32)c1. The third-order valence-electron chi connectivity index (χ3n) is 4.75. The summed E-state index contributed by atoms with van der Waals surface area (Å²) in [6, 6.07) is 17.7. The molecule has 2 atom stereocenters. The lowest BCUT2D eigenvalue weighted by molar-refractivity contribution is 0.143. The highest BCUT2D eigenvalue weighted by Gasteiger charge is 2.34. The summed E-state index contributed by atoms with van der Waals surface area (Å²) in [6.07, 6.45) is 0. The average molecular weight is 372 g/mol. The summed E-state index contributed by atoms with van der Waals surface area (Å²) < 4.78 is 0. The molecule has 1 N–H and O–H groups in total. The van der Waals surface area contributed by atoms with Crippen molar-refractivity contribution in [2.75, 3.05) is 26.2 Å². The highest BCUT2D eigenvalue weighted by atomic mass is 35.5. The minimum absolute atomic E-state index is 0. The van der Waals surface area contributed by atoms with Gasteiger partial charge in [-0.15, -0.1) is 24.8 Å². The molecular formula is C18H21Cl3N2. The summed E-state index contributed by atoms with van der Waals surface area (Å²) in [7, 11) is 0. The van der Waals surface area contributed by atoms with Gasteiger partial charge in [0.05, 0.1) is 0 Å². The summed E-state index contributed by atoms with van der Waals surface area (Å²) in [4.78, 5) is 2.62. The first-order chi connectivity index (χ1) is 10.3. The number of hydrogen-bond donors (Lipinski definition) is 1. The zero-order valence-corrected chi connectivity index (χ0v) is 15.1. The summed E-state index contributed by atoms with van der Waals surface area (Å²) in [5.74, 6) is 0.425. The molecule has 0 spiro atoms. The van der Waals surface area contributed by atoms with Crippen LogP contribution in [0.1, 0.15) is 28.7 Å². The van der Waals surface area contributed by atoms with E-state index >= 15 is 0 Å². The molecule has 2 aromatic carbocycles. The Kier molecular flexibility index (Phi) is 6.35. The molecule has 4 rings (SSSR count). The first-order valence-electron chi connectivity index (χ1n) is 7.62. The van der Waals surface area contributed by atoms with E-state index in [1.807, 2.05) is 6.07 Å². The van der Waals surface area contributed by atoms with E-state index in [0.29, 0.717) is 12.0 Å². The summed E-state index contributed by atoms with van der Waals surface area (Å²) >= 11 is 6.20. The van der Waals surface area contributed by atoms with E-state index in [4.69, 9.17) is 11.6 Å². The van der Waals surface area contributed by atoms with Gasteiger partial charge in [0.1, 0.15) is 0 Å². The first-order valence-corrected chi connectivity index (χ1v) is 8.00. The molecule has 2 nitrogen and oxygen atoms in total. The molecular weight excluding hydrogens is 351 g/mol. The molecule has 2 aliphatic rings. The van der Waals surface area contributed by atoms with Crippen molar-refractivity contribution in [3.63, 3.8) is 0 Å². The number of piperazine rings is 1. The minimum atomic E-state index is 0. The fourth-order valence-corrected chi connectivity index (χ4v) is 3.94. The summed E-state index contributed by atoms with van der Waals surface area (Å²) in [5.41, 5.74) is 4.26. The Labute approximate surface area is 155 Å². The fraction of sp³-hybridized carbons (Fsp3) is 0.333. The number of hydrogen-bond acceptors (Lipinski definition) is 2. The lowest BCUT2D eigenvalue weighted by Crippen LogP contribution is -2.50. The van der Waals surface area contributed by atoms with Gasteiger partial charge in [-0.2, -0.15) is 0 Å². The van der Waals surface area contributed by atoms with Gasteiger partial charge < -0.3 is 5.32 Å². The monoisotopic (exact) mass is 370 g/mol. The van der Waals surface area contributed by atoms with Crippen molar-refractivity contribution in [3.8, 4) is 0 Å². The third kappa shape index (κ3) is 3.52. The lowest BCUT2D eigenvalue weighted by Gasteiger charge is -2.44. The minimum Gasteiger partial charge on any atom is -0.314 e. The van der Waals surface area contributed by atoms with E-state index in [9.17, 15) is 0 Å². The van der Waals surface area contributed by atoms with Crippen molar-refractivity contribution in [2.45, 2.75) is 12.0 Å². The van der Waals surface area contributed by atoms with E-state index in [-0.39, 0.29) is 24.8 Å². The van der Waals surface area contributed by atoms with Crippen LogP contribution in [0, 0.1) is 0 Å². The van der Waals surface area contributed by atoms with Gasteiger partial charge in [-0.05, 0) is 28.8 Å². The van der Waals surface area contributed by atoms with Gasteiger partial charge in [0.25, 0.3) is 0 Å². The molecule has 2 aromatic rings. The molecule has 23 heavy (non-hydrogen) atoms. The van der Waals surface area contributed by atoms with Crippen LogP contribution in [0.2, 0.25) is 5.02 Å². The Hall–Kier alpha value is -0.770. The Morgan fingerprint density at radius 2 is 1.78 bits per heavy atom. The van der Waals surface area contributed by atoms with E-state index in [1.54, 1.807) is 0 Å². The van der Waals surface area contributed by atoms with Gasteiger partial charge in [-0.1, -0.05) is 48.0 Å². The van der Waals surface area contributed by atoms with Crippen LogP contribution in [-0.4, -0.2) is 31.1 Å². The van der Waals surface area contributed by atoms with Gasteiger partial charge in [0.15, 0.2) is 0 Å². The third-order valence-corrected chi connectivity index (χ3v) is 4.99. The lowest BCUT2D eigenvalue weighted by atomic mass is 9.81. The second-order valence-corrected chi connectivity index (χ2v) is 6.39. The van der Waals surface area contributed by atoms with Crippen molar-refractivity contribution in [2.24, 2.45) is 0 Å². The number of rotatable bonds is 1. The summed E-state index contributed by atoms with van der Waals surface area (Å²) in [6.45, 7) is 4.35. The van der Waals surface area contributed by atoms with Crippen LogP contribution in [0.15, 0.2) is 48.5 Å². The maximum atomic E-state index is 6.20. The van der Waals surface area contributed by atoms with Crippen LogP contribution in [0.5, 0.6) is 0 Å². The summed E-state index contributed by atoms with van der Waals surface area (Å²) in [5, 5.41) is 4.35. The zero-order chi connectivity index (χ0) is 14.2. The number of fused-ring (bicyclic) bond motifs is 3. The van der Waals surface area contributed by atoms with Gasteiger partial charge in [0.2, 0.25) is 0 Å². The van der Waals surface area contributed by atoms with Crippen molar-refractivity contribution < 1.29 is 0 Å².